The summed E-state index contributed by atoms with van der Waals surface area (Å²) in [5.74, 6) is -0.568. The minimum Gasteiger partial charge on any atom is -0.481 e. The molecule has 1 heterocycles. The molecule has 0 spiro atoms. The Hall–Kier alpha value is -1.92. The van der Waals surface area contributed by atoms with Crippen molar-refractivity contribution in [2.45, 2.75) is 63.7 Å². The Balaban J connectivity index is 1.94. The van der Waals surface area contributed by atoms with Gasteiger partial charge in [0.2, 0.25) is 5.89 Å². The minimum atomic E-state index is -0.892. The van der Waals surface area contributed by atoms with Crippen LogP contribution in [0.1, 0.15) is 80.2 Å². The van der Waals surface area contributed by atoms with Crippen molar-refractivity contribution in [3.05, 3.63) is 11.7 Å². The van der Waals surface area contributed by atoms with Gasteiger partial charge in [0.1, 0.15) is 0 Å². The first-order valence-electron chi connectivity index (χ1n) is 8.74. The molecule has 1 fully saturated rings. The second-order valence-electron chi connectivity index (χ2n) is 6.89. The lowest BCUT2D eigenvalue weighted by Crippen LogP contribution is -2.23. The summed E-state index contributed by atoms with van der Waals surface area (Å²) in [5, 5.41) is 12.8. The number of amides is 1. The highest BCUT2D eigenvalue weighted by Gasteiger charge is 2.25. The highest BCUT2D eigenvalue weighted by molar-refractivity contribution is 5.89. The normalized spacial score (nSPS) is 16.8. The van der Waals surface area contributed by atoms with Gasteiger partial charge in [-0.15, -0.1) is 0 Å². The van der Waals surface area contributed by atoms with Gasteiger partial charge < -0.3 is 14.5 Å². The summed E-state index contributed by atoms with van der Waals surface area (Å²) in [6.07, 6.45) is 9.23. The molecule has 1 aromatic rings. The number of nitrogens with zero attached hydrogens (tertiary/aromatic N) is 3. The van der Waals surface area contributed by atoms with Crippen molar-refractivity contribution in [3.8, 4) is 0 Å². The first-order valence-corrected chi connectivity index (χ1v) is 8.74. The molecule has 1 unspecified atom stereocenters. The van der Waals surface area contributed by atoms with E-state index in [0.29, 0.717) is 6.42 Å². The zero-order valence-corrected chi connectivity index (χ0v) is 14.5. The van der Waals surface area contributed by atoms with Crippen molar-refractivity contribution < 1.29 is 19.2 Å². The van der Waals surface area contributed by atoms with Gasteiger partial charge in [-0.3, -0.25) is 9.59 Å². The summed E-state index contributed by atoms with van der Waals surface area (Å²) in [7, 11) is 3.22. The number of carbonyl (C=O) groups excluding carboxylic acids is 1. The van der Waals surface area contributed by atoms with Gasteiger partial charge in [0.05, 0.1) is 6.42 Å². The lowest BCUT2D eigenvalue weighted by molar-refractivity contribution is -0.137. The largest absolute Gasteiger partial charge is 0.481 e. The zero-order chi connectivity index (χ0) is 17.5. The molecule has 1 aliphatic carbocycles. The van der Waals surface area contributed by atoms with E-state index >= 15 is 0 Å². The maximum Gasteiger partial charge on any atom is 0.304 e. The highest BCUT2D eigenvalue weighted by Crippen LogP contribution is 2.31. The molecule has 1 aromatic heterocycles. The van der Waals surface area contributed by atoms with Gasteiger partial charge in [0.15, 0.2) is 0 Å². The van der Waals surface area contributed by atoms with E-state index < -0.39 is 5.97 Å². The average molecular weight is 337 g/mol. The third-order valence-corrected chi connectivity index (χ3v) is 4.70. The van der Waals surface area contributed by atoms with Crippen LogP contribution in [0.15, 0.2) is 4.52 Å². The smallest absolute Gasteiger partial charge is 0.304 e. The molecule has 1 N–H and O–H groups in total. The van der Waals surface area contributed by atoms with E-state index in [-0.39, 0.29) is 30.0 Å². The monoisotopic (exact) mass is 337 g/mol. The second-order valence-corrected chi connectivity index (χ2v) is 6.89. The lowest BCUT2D eigenvalue weighted by Gasteiger charge is -2.21. The van der Waals surface area contributed by atoms with Crippen molar-refractivity contribution in [1.82, 2.24) is 15.0 Å². The number of carbonyl (C=O) groups is 2. The van der Waals surface area contributed by atoms with Gasteiger partial charge in [0.25, 0.3) is 11.7 Å². The van der Waals surface area contributed by atoms with E-state index in [9.17, 15) is 9.59 Å². The fourth-order valence-electron chi connectivity index (χ4n) is 3.34. The number of carboxylic acid groups (broad SMARTS) is 1. The van der Waals surface area contributed by atoms with Gasteiger partial charge in [-0.05, 0) is 12.3 Å². The molecular formula is C17H27N3O4. The Morgan fingerprint density at radius 2 is 2.00 bits per heavy atom. The Labute approximate surface area is 142 Å². The van der Waals surface area contributed by atoms with E-state index in [0.717, 1.165) is 18.8 Å². The van der Waals surface area contributed by atoms with Crippen LogP contribution in [0.5, 0.6) is 0 Å². The molecule has 1 saturated carbocycles. The standard InChI is InChI=1S/C17H27N3O4/c1-20(2)17(23)15-18-16(24-19-15)13(11-14(21)22)10-6-9-12-7-4-3-5-8-12/h12-13H,3-11H2,1-2H3,(H,21,22). The summed E-state index contributed by atoms with van der Waals surface area (Å²) < 4.78 is 5.17. The number of hydrogen-bond acceptors (Lipinski definition) is 5. The van der Waals surface area contributed by atoms with Crippen LogP contribution in [0.2, 0.25) is 0 Å². The summed E-state index contributed by atoms with van der Waals surface area (Å²) in [4.78, 5) is 28.5. The summed E-state index contributed by atoms with van der Waals surface area (Å²) in [6, 6.07) is 0. The maximum atomic E-state index is 11.8. The molecular weight excluding hydrogens is 310 g/mol. The molecule has 1 atom stereocenters. The molecule has 7 heteroatoms. The number of rotatable bonds is 8. The van der Waals surface area contributed by atoms with Crippen molar-refractivity contribution in [3.63, 3.8) is 0 Å². The average Bonchev–Trinajstić information content (AvgIpc) is 3.03. The lowest BCUT2D eigenvalue weighted by atomic mass is 9.84. The first-order chi connectivity index (χ1) is 11.5. The van der Waals surface area contributed by atoms with Gasteiger partial charge in [-0.2, -0.15) is 4.98 Å². The Morgan fingerprint density at radius 1 is 1.29 bits per heavy atom. The number of carboxylic acids is 1. The van der Waals surface area contributed by atoms with Crippen molar-refractivity contribution >= 4 is 11.9 Å². The quantitative estimate of drug-likeness (QED) is 0.783. The predicted molar refractivity (Wildman–Crippen MR) is 87.7 cm³/mol. The molecule has 134 valence electrons. The molecule has 24 heavy (non-hydrogen) atoms. The fraction of sp³-hybridized carbons (Fsp3) is 0.765. The fourth-order valence-corrected chi connectivity index (χ4v) is 3.34. The van der Waals surface area contributed by atoms with E-state index in [2.05, 4.69) is 10.1 Å². The Morgan fingerprint density at radius 3 is 2.62 bits per heavy atom. The summed E-state index contributed by atoms with van der Waals surface area (Å²) in [5.41, 5.74) is 0. The number of aliphatic carboxylic acids is 1. The van der Waals surface area contributed by atoms with Crippen molar-refractivity contribution in [2.24, 2.45) is 5.92 Å². The molecule has 0 aliphatic heterocycles. The van der Waals surface area contributed by atoms with Gasteiger partial charge in [0, 0.05) is 20.0 Å². The van der Waals surface area contributed by atoms with Crippen LogP contribution < -0.4 is 0 Å². The molecule has 2 rings (SSSR count). The molecule has 0 radical (unpaired) electrons. The maximum absolute atomic E-state index is 11.8. The van der Waals surface area contributed by atoms with Crippen LogP contribution in [-0.4, -0.2) is 46.1 Å². The predicted octanol–water partition coefficient (Wildman–Crippen LogP) is 3.08. The van der Waals surface area contributed by atoms with Crippen LogP contribution in [0.25, 0.3) is 0 Å². The Kier molecular flexibility index (Phi) is 6.75. The van der Waals surface area contributed by atoms with Crippen LogP contribution in [-0.2, 0) is 4.79 Å². The topological polar surface area (TPSA) is 96.5 Å². The van der Waals surface area contributed by atoms with Gasteiger partial charge >= 0.3 is 5.97 Å². The second kappa shape index (κ2) is 8.80. The molecule has 0 bridgehead atoms. The molecule has 0 aromatic carbocycles. The SMILES string of the molecule is CN(C)C(=O)c1noc(C(CCCC2CCCCC2)CC(=O)O)n1. The van der Waals surface area contributed by atoms with Gasteiger partial charge in [-0.25, -0.2) is 0 Å². The first kappa shape index (κ1) is 18.4. The minimum absolute atomic E-state index is 0.0160. The van der Waals surface area contributed by atoms with E-state index in [1.54, 1.807) is 14.1 Å². The van der Waals surface area contributed by atoms with Crippen LogP contribution >= 0.6 is 0 Å². The van der Waals surface area contributed by atoms with Crippen molar-refractivity contribution in [1.29, 1.82) is 0 Å². The third kappa shape index (κ3) is 5.32. The summed E-state index contributed by atoms with van der Waals surface area (Å²) >= 11 is 0. The number of hydrogen-bond donors (Lipinski definition) is 1. The van der Waals surface area contributed by atoms with E-state index in [4.69, 9.17) is 9.63 Å². The molecule has 0 saturated heterocycles. The molecule has 1 aliphatic rings. The van der Waals surface area contributed by atoms with Gasteiger partial charge in [-0.1, -0.05) is 50.1 Å². The third-order valence-electron chi connectivity index (χ3n) is 4.70. The zero-order valence-electron chi connectivity index (χ0n) is 14.5. The van der Waals surface area contributed by atoms with Crippen LogP contribution in [0.3, 0.4) is 0 Å². The molecule has 1 amide bonds. The van der Waals surface area contributed by atoms with Crippen molar-refractivity contribution in [2.75, 3.05) is 14.1 Å². The number of aromatic nitrogens is 2. The molecule has 7 nitrogen and oxygen atoms in total. The van der Waals surface area contributed by atoms with E-state index in [1.807, 2.05) is 0 Å². The summed E-state index contributed by atoms with van der Waals surface area (Å²) in [6.45, 7) is 0. The Bertz CT molecular complexity index is 550. The highest BCUT2D eigenvalue weighted by atomic mass is 16.5. The van der Waals surface area contributed by atoms with Crippen LogP contribution in [0, 0.1) is 5.92 Å². The van der Waals surface area contributed by atoms with E-state index in [1.165, 1.54) is 37.0 Å². The van der Waals surface area contributed by atoms with Crippen LogP contribution in [0.4, 0.5) is 0 Å².